The highest BCUT2D eigenvalue weighted by Crippen LogP contribution is 2.13. The smallest absolute Gasteiger partial charge is 0.142 e. The van der Waals surface area contributed by atoms with Crippen molar-refractivity contribution in [3.63, 3.8) is 0 Å². The van der Waals surface area contributed by atoms with Gasteiger partial charge in [-0.05, 0) is 17.2 Å². The molecule has 0 aromatic carbocycles. The van der Waals surface area contributed by atoms with Crippen LogP contribution in [-0.2, 0) is 0 Å². The normalized spacial score (nSPS) is 9.64. The number of rotatable bonds is 2. The van der Waals surface area contributed by atoms with Gasteiger partial charge in [0.25, 0.3) is 0 Å². The minimum atomic E-state index is -0.329. The summed E-state index contributed by atoms with van der Waals surface area (Å²) >= 11 is 3.23. The van der Waals surface area contributed by atoms with Crippen LogP contribution in [0.2, 0.25) is 0 Å². The molecule has 3 heteroatoms. The van der Waals surface area contributed by atoms with Gasteiger partial charge in [0, 0.05) is 11.5 Å². The molecule has 1 aromatic rings. The molecule has 0 unspecified atom stereocenters. The number of nitrogens with zero attached hydrogens (tertiary/aromatic N) is 1. The highest BCUT2D eigenvalue weighted by Gasteiger charge is 1.98. The van der Waals surface area contributed by atoms with Crippen LogP contribution in [0.1, 0.15) is 5.56 Å². The lowest BCUT2D eigenvalue weighted by molar-refractivity contribution is 0.621. The van der Waals surface area contributed by atoms with E-state index in [-0.39, 0.29) is 5.82 Å². The standard InChI is InChI=1S/C8H7BrFN/c1-6(3-9)7-2-8(10)5-11-4-7/h2,4-5H,1,3H2. The maximum atomic E-state index is 12.5. The SMILES string of the molecule is C=C(CBr)c1cncc(F)c1. The molecule has 0 N–H and O–H groups in total. The molecule has 0 aliphatic heterocycles. The lowest BCUT2D eigenvalue weighted by Crippen LogP contribution is -1.86. The van der Waals surface area contributed by atoms with Gasteiger partial charge in [-0.2, -0.15) is 0 Å². The number of hydrogen-bond acceptors (Lipinski definition) is 1. The number of aromatic nitrogens is 1. The molecule has 58 valence electrons. The van der Waals surface area contributed by atoms with Crippen molar-refractivity contribution in [2.45, 2.75) is 0 Å². The van der Waals surface area contributed by atoms with Gasteiger partial charge in [0.05, 0.1) is 6.20 Å². The summed E-state index contributed by atoms with van der Waals surface area (Å²) in [6.07, 6.45) is 2.76. The Bertz CT molecular complexity index is 273. The Hall–Kier alpha value is -0.700. The first-order chi connectivity index (χ1) is 5.24. The molecule has 11 heavy (non-hydrogen) atoms. The quantitative estimate of drug-likeness (QED) is 0.692. The Morgan fingerprint density at radius 1 is 1.64 bits per heavy atom. The minimum absolute atomic E-state index is 0.329. The topological polar surface area (TPSA) is 12.9 Å². The summed E-state index contributed by atoms with van der Waals surface area (Å²) in [7, 11) is 0. The van der Waals surface area contributed by atoms with Crippen LogP contribution in [0.3, 0.4) is 0 Å². The summed E-state index contributed by atoms with van der Waals surface area (Å²) in [6, 6.07) is 1.41. The summed E-state index contributed by atoms with van der Waals surface area (Å²) in [5, 5.41) is 0.637. The van der Waals surface area contributed by atoms with Gasteiger partial charge in [0.15, 0.2) is 0 Å². The average Bonchev–Trinajstić information content (AvgIpc) is 2.03. The predicted octanol–water partition coefficient (Wildman–Crippen LogP) is 2.63. The molecule has 0 fully saturated rings. The maximum absolute atomic E-state index is 12.5. The number of halogens is 2. The van der Waals surface area contributed by atoms with E-state index in [0.29, 0.717) is 5.33 Å². The zero-order chi connectivity index (χ0) is 8.27. The van der Waals surface area contributed by atoms with Gasteiger partial charge in [-0.1, -0.05) is 22.5 Å². The van der Waals surface area contributed by atoms with E-state index in [4.69, 9.17) is 0 Å². The van der Waals surface area contributed by atoms with Crippen molar-refractivity contribution < 1.29 is 4.39 Å². The lowest BCUT2D eigenvalue weighted by Gasteiger charge is -1.99. The third kappa shape index (κ3) is 2.12. The van der Waals surface area contributed by atoms with Gasteiger partial charge in [-0.25, -0.2) is 4.39 Å². The molecular weight excluding hydrogens is 209 g/mol. The maximum Gasteiger partial charge on any atom is 0.142 e. The second-order valence-corrected chi connectivity index (χ2v) is 2.69. The Labute approximate surface area is 73.1 Å². The second-order valence-electron chi connectivity index (χ2n) is 2.13. The number of allylic oxidation sites excluding steroid dienone is 1. The van der Waals surface area contributed by atoms with Gasteiger partial charge in [-0.15, -0.1) is 0 Å². The highest BCUT2D eigenvalue weighted by atomic mass is 79.9. The van der Waals surface area contributed by atoms with Crippen LogP contribution in [-0.4, -0.2) is 10.3 Å². The van der Waals surface area contributed by atoms with Gasteiger partial charge in [0.1, 0.15) is 5.82 Å². The fourth-order valence-electron chi connectivity index (χ4n) is 0.682. The molecule has 0 amide bonds. The molecule has 0 saturated carbocycles. The zero-order valence-electron chi connectivity index (χ0n) is 5.85. The Kier molecular flexibility index (Phi) is 2.76. The second kappa shape index (κ2) is 3.62. The molecule has 1 rings (SSSR count). The molecule has 1 nitrogen and oxygen atoms in total. The Morgan fingerprint density at radius 2 is 2.36 bits per heavy atom. The molecule has 0 spiro atoms. The van der Waals surface area contributed by atoms with Crippen LogP contribution >= 0.6 is 15.9 Å². The number of hydrogen-bond donors (Lipinski definition) is 0. The summed E-state index contributed by atoms with van der Waals surface area (Å²) in [4.78, 5) is 3.70. The van der Waals surface area contributed by atoms with Crippen molar-refractivity contribution in [3.8, 4) is 0 Å². The van der Waals surface area contributed by atoms with Crippen LogP contribution < -0.4 is 0 Å². The van der Waals surface area contributed by atoms with Crippen LogP contribution in [0, 0.1) is 5.82 Å². The van der Waals surface area contributed by atoms with Crippen molar-refractivity contribution in [1.29, 1.82) is 0 Å². The van der Waals surface area contributed by atoms with E-state index in [1.54, 1.807) is 6.20 Å². The van der Waals surface area contributed by atoms with E-state index in [2.05, 4.69) is 27.5 Å². The summed E-state index contributed by atoms with van der Waals surface area (Å²) in [6.45, 7) is 3.73. The van der Waals surface area contributed by atoms with E-state index >= 15 is 0 Å². The van der Waals surface area contributed by atoms with Crippen molar-refractivity contribution in [3.05, 3.63) is 36.4 Å². The fourth-order valence-corrected chi connectivity index (χ4v) is 1.01. The fraction of sp³-hybridized carbons (Fsp3) is 0.125. The van der Waals surface area contributed by atoms with Gasteiger partial charge < -0.3 is 0 Å². The van der Waals surface area contributed by atoms with E-state index < -0.39 is 0 Å². The minimum Gasteiger partial charge on any atom is -0.261 e. The van der Waals surface area contributed by atoms with E-state index in [1.807, 2.05) is 0 Å². The van der Waals surface area contributed by atoms with E-state index in [0.717, 1.165) is 11.1 Å². The number of pyridine rings is 1. The third-order valence-electron chi connectivity index (χ3n) is 1.27. The van der Waals surface area contributed by atoms with Crippen LogP contribution in [0.15, 0.2) is 25.0 Å². The first-order valence-electron chi connectivity index (χ1n) is 3.08. The lowest BCUT2D eigenvalue weighted by atomic mass is 10.1. The monoisotopic (exact) mass is 215 g/mol. The number of alkyl halides is 1. The van der Waals surface area contributed by atoms with Gasteiger partial charge >= 0.3 is 0 Å². The summed E-state index contributed by atoms with van der Waals surface area (Å²) < 4.78 is 12.5. The van der Waals surface area contributed by atoms with Crippen LogP contribution in [0.4, 0.5) is 4.39 Å². The molecule has 1 heterocycles. The Morgan fingerprint density at radius 3 is 2.91 bits per heavy atom. The summed E-state index contributed by atoms with van der Waals surface area (Å²) in [5.41, 5.74) is 1.57. The first kappa shape index (κ1) is 8.40. The van der Waals surface area contributed by atoms with Crippen LogP contribution in [0.5, 0.6) is 0 Å². The Balaban J connectivity index is 2.96. The van der Waals surface area contributed by atoms with Crippen molar-refractivity contribution in [1.82, 2.24) is 4.98 Å². The van der Waals surface area contributed by atoms with E-state index in [1.165, 1.54) is 12.3 Å². The van der Waals surface area contributed by atoms with Gasteiger partial charge in [0.2, 0.25) is 0 Å². The van der Waals surface area contributed by atoms with Gasteiger partial charge in [-0.3, -0.25) is 4.98 Å². The zero-order valence-corrected chi connectivity index (χ0v) is 7.44. The largest absolute Gasteiger partial charge is 0.261 e. The van der Waals surface area contributed by atoms with E-state index in [9.17, 15) is 4.39 Å². The molecule has 0 atom stereocenters. The highest BCUT2D eigenvalue weighted by molar-refractivity contribution is 9.09. The molecule has 0 saturated heterocycles. The predicted molar refractivity (Wildman–Crippen MR) is 47.0 cm³/mol. The van der Waals surface area contributed by atoms with Crippen LogP contribution in [0.25, 0.3) is 5.57 Å². The molecular formula is C8H7BrFN. The van der Waals surface area contributed by atoms with Crippen molar-refractivity contribution in [2.24, 2.45) is 0 Å². The first-order valence-corrected chi connectivity index (χ1v) is 4.21. The third-order valence-corrected chi connectivity index (χ3v) is 1.95. The molecule has 1 aromatic heterocycles. The molecule has 0 aliphatic carbocycles. The molecule has 0 radical (unpaired) electrons. The van der Waals surface area contributed by atoms with Crippen molar-refractivity contribution >= 4 is 21.5 Å². The average molecular weight is 216 g/mol. The van der Waals surface area contributed by atoms with Crippen molar-refractivity contribution in [2.75, 3.05) is 5.33 Å². The molecule has 0 aliphatic rings. The summed E-state index contributed by atoms with van der Waals surface area (Å²) in [5.74, 6) is -0.329. The molecule has 0 bridgehead atoms.